The number of nitrogens with zero attached hydrogens (tertiary/aromatic N) is 2. The molecule has 0 unspecified atom stereocenters. The number of hydrogen-bond donors (Lipinski definition) is 0. The smallest absolute Gasteiger partial charge is 0.225 e. The van der Waals surface area contributed by atoms with Gasteiger partial charge in [0, 0.05) is 62.7 Å². The predicted octanol–water partition coefficient (Wildman–Crippen LogP) is 9.14. The second kappa shape index (κ2) is 9.39. The van der Waals surface area contributed by atoms with E-state index in [-0.39, 0.29) is 10.2 Å². The SMILES string of the molecule is Cc1ccc2c(c1)SC(=O)/C2=C1/C(=O)Sc2cc(-c3ccc(-c4ccc(-c5ccc(C)s5)c5nonc45)s3)ccc21. The van der Waals surface area contributed by atoms with Crippen molar-refractivity contribution in [2.45, 2.75) is 23.6 Å². The molecule has 6 aromatic rings. The van der Waals surface area contributed by atoms with Crippen LogP contribution in [0.2, 0.25) is 0 Å². The van der Waals surface area contributed by atoms with Crippen molar-refractivity contribution in [3.05, 3.63) is 94.4 Å². The molecule has 0 N–H and O–H groups in total. The van der Waals surface area contributed by atoms with E-state index < -0.39 is 0 Å². The van der Waals surface area contributed by atoms with Crippen LogP contribution in [-0.2, 0) is 9.59 Å². The molecule has 0 radical (unpaired) electrons. The zero-order chi connectivity index (χ0) is 27.8. The van der Waals surface area contributed by atoms with Crippen LogP contribution in [0.4, 0.5) is 0 Å². The van der Waals surface area contributed by atoms with E-state index >= 15 is 0 Å². The summed E-state index contributed by atoms with van der Waals surface area (Å²) in [5.41, 5.74) is 8.32. The molecule has 2 aliphatic rings. The maximum Gasteiger partial charge on any atom is 0.225 e. The Morgan fingerprint density at radius 2 is 1.15 bits per heavy atom. The van der Waals surface area contributed by atoms with E-state index in [9.17, 15) is 9.59 Å². The molecule has 9 heteroatoms. The molecule has 5 nitrogen and oxygen atoms in total. The van der Waals surface area contributed by atoms with Gasteiger partial charge in [0.25, 0.3) is 0 Å². The Balaban J connectivity index is 1.17. The summed E-state index contributed by atoms with van der Waals surface area (Å²) in [4.78, 5) is 32.6. The van der Waals surface area contributed by atoms with Gasteiger partial charge in [-0.2, -0.15) is 0 Å². The summed E-state index contributed by atoms with van der Waals surface area (Å²) >= 11 is 5.78. The van der Waals surface area contributed by atoms with Crippen molar-refractivity contribution in [3.8, 4) is 31.3 Å². The maximum atomic E-state index is 13.2. The second-order valence-corrected chi connectivity index (χ2v) is 14.3. The minimum atomic E-state index is -0.0802. The van der Waals surface area contributed by atoms with Crippen LogP contribution < -0.4 is 0 Å². The predicted molar refractivity (Wildman–Crippen MR) is 168 cm³/mol. The highest BCUT2D eigenvalue weighted by molar-refractivity contribution is 8.16. The van der Waals surface area contributed by atoms with Crippen LogP contribution in [0.15, 0.2) is 87.2 Å². The Labute approximate surface area is 251 Å². The summed E-state index contributed by atoms with van der Waals surface area (Å²) < 4.78 is 5.18. The van der Waals surface area contributed by atoms with E-state index in [1.165, 1.54) is 28.4 Å². The number of aryl methyl sites for hydroxylation is 2. The zero-order valence-corrected chi connectivity index (χ0v) is 24.9. The first-order chi connectivity index (χ1) is 19.9. The van der Waals surface area contributed by atoms with Crippen LogP contribution in [0, 0.1) is 13.8 Å². The van der Waals surface area contributed by atoms with Gasteiger partial charge in [-0.1, -0.05) is 36.4 Å². The van der Waals surface area contributed by atoms with E-state index in [1.807, 2.05) is 37.3 Å². The summed E-state index contributed by atoms with van der Waals surface area (Å²) in [6.07, 6.45) is 0. The van der Waals surface area contributed by atoms with Crippen LogP contribution in [0.3, 0.4) is 0 Å². The molecule has 0 fully saturated rings. The molecule has 0 atom stereocenters. The fourth-order valence-electron chi connectivity index (χ4n) is 5.36. The van der Waals surface area contributed by atoms with Crippen molar-refractivity contribution in [1.29, 1.82) is 0 Å². The normalized spacial score (nSPS) is 16.1. The van der Waals surface area contributed by atoms with Crippen LogP contribution in [0.5, 0.6) is 0 Å². The summed E-state index contributed by atoms with van der Waals surface area (Å²) in [6, 6.07) is 24.6. The van der Waals surface area contributed by atoms with Gasteiger partial charge in [-0.3, -0.25) is 9.59 Å². The van der Waals surface area contributed by atoms with Crippen LogP contribution in [0.1, 0.15) is 21.6 Å². The average molecular weight is 607 g/mol. The number of rotatable bonds is 3. The van der Waals surface area contributed by atoms with Crippen molar-refractivity contribution in [3.63, 3.8) is 0 Å². The van der Waals surface area contributed by atoms with Gasteiger partial charge < -0.3 is 0 Å². The van der Waals surface area contributed by atoms with Gasteiger partial charge in [0.1, 0.15) is 11.0 Å². The molecular weight excluding hydrogens is 589 g/mol. The fourth-order valence-corrected chi connectivity index (χ4v) is 9.30. The minimum absolute atomic E-state index is 0.0664. The van der Waals surface area contributed by atoms with Gasteiger partial charge in [0.15, 0.2) is 0 Å². The standard InChI is InChI=1S/C32H18N2O3S4/c1-15-3-6-18-25(13-15)40-31(35)27(18)28-19-7-5-17(14-26(19)41-32(28)36)22-11-12-24(39-22)21-9-8-20(23-10-4-16(2)38-23)29-30(21)34-37-33-29/h3-14H,1-2H3/b28-27+. The summed E-state index contributed by atoms with van der Waals surface area (Å²) in [5.74, 6) is 0. The van der Waals surface area contributed by atoms with Gasteiger partial charge in [-0.25, -0.2) is 4.63 Å². The lowest BCUT2D eigenvalue weighted by Gasteiger charge is -2.06. The molecule has 0 amide bonds. The summed E-state index contributed by atoms with van der Waals surface area (Å²) in [6.45, 7) is 4.10. The molecule has 2 aliphatic heterocycles. The number of thiophene rings is 2. The van der Waals surface area contributed by atoms with Crippen molar-refractivity contribution < 1.29 is 14.2 Å². The fraction of sp³-hybridized carbons (Fsp3) is 0.0625. The minimum Gasteiger partial charge on any atom is -0.281 e. The van der Waals surface area contributed by atoms with E-state index in [0.29, 0.717) is 11.1 Å². The Bertz CT molecular complexity index is 2130. The molecule has 0 bridgehead atoms. The van der Waals surface area contributed by atoms with Gasteiger partial charge in [-0.15, -0.1) is 22.7 Å². The van der Waals surface area contributed by atoms with Crippen LogP contribution >= 0.6 is 46.2 Å². The zero-order valence-electron chi connectivity index (χ0n) is 21.7. The van der Waals surface area contributed by atoms with Gasteiger partial charge >= 0.3 is 0 Å². The number of aromatic nitrogens is 2. The Kier molecular flexibility index (Phi) is 5.72. The van der Waals surface area contributed by atoms with Gasteiger partial charge in [0.2, 0.25) is 10.2 Å². The molecule has 0 saturated heterocycles. The van der Waals surface area contributed by atoms with E-state index in [4.69, 9.17) is 4.63 Å². The Hall–Kier alpha value is -3.76. The summed E-state index contributed by atoms with van der Waals surface area (Å²) in [5, 5.41) is 8.33. The lowest BCUT2D eigenvalue weighted by molar-refractivity contribution is -0.107. The maximum absolute atomic E-state index is 13.2. The molecule has 3 aromatic heterocycles. The van der Waals surface area contributed by atoms with Crippen molar-refractivity contribution in [2.75, 3.05) is 0 Å². The first-order valence-corrected chi connectivity index (χ1v) is 16.1. The molecule has 8 rings (SSSR count). The Morgan fingerprint density at radius 3 is 1.80 bits per heavy atom. The molecule has 0 aliphatic carbocycles. The number of fused-ring (bicyclic) bond motifs is 3. The number of carbonyl (C=O) groups excluding carboxylic acids is 2. The molecule has 5 heterocycles. The molecule has 0 spiro atoms. The number of carbonyl (C=O) groups is 2. The van der Waals surface area contributed by atoms with Crippen molar-refractivity contribution in [1.82, 2.24) is 10.3 Å². The first-order valence-electron chi connectivity index (χ1n) is 12.8. The number of thioether (sulfide) groups is 2. The molecular formula is C32H18N2O3S4. The topological polar surface area (TPSA) is 73.1 Å². The van der Waals surface area contributed by atoms with Crippen LogP contribution in [0.25, 0.3) is 53.5 Å². The molecule has 41 heavy (non-hydrogen) atoms. The highest BCUT2D eigenvalue weighted by Gasteiger charge is 2.36. The monoisotopic (exact) mass is 606 g/mol. The third kappa shape index (κ3) is 3.99. The number of benzene rings is 3. The van der Waals surface area contributed by atoms with E-state index in [2.05, 4.69) is 59.7 Å². The van der Waals surface area contributed by atoms with E-state index in [0.717, 1.165) is 68.8 Å². The van der Waals surface area contributed by atoms with Gasteiger partial charge in [-0.05, 0) is 95.2 Å². The first kappa shape index (κ1) is 25.0. The largest absolute Gasteiger partial charge is 0.281 e. The lowest BCUT2D eigenvalue weighted by Crippen LogP contribution is -1.99. The van der Waals surface area contributed by atoms with Gasteiger partial charge in [0.05, 0.1) is 0 Å². The lowest BCUT2D eigenvalue weighted by atomic mass is 9.95. The molecule has 3 aromatic carbocycles. The Morgan fingerprint density at radius 1 is 0.585 bits per heavy atom. The van der Waals surface area contributed by atoms with E-state index in [1.54, 1.807) is 22.7 Å². The van der Waals surface area contributed by atoms with Crippen molar-refractivity contribution >= 4 is 78.6 Å². The molecule has 0 saturated carbocycles. The van der Waals surface area contributed by atoms with Crippen LogP contribution in [-0.4, -0.2) is 20.5 Å². The summed E-state index contributed by atoms with van der Waals surface area (Å²) in [7, 11) is 0. The highest BCUT2D eigenvalue weighted by atomic mass is 32.2. The second-order valence-electron chi connectivity index (χ2n) is 9.94. The average Bonchev–Trinajstić information content (AvgIpc) is 3.78. The highest BCUT2D eigenvalue weighted by Crippen LogP contribution is 2.51. The quantitative estimate of drug-likeness (QED) is 0.186. The third-order valence-electron chi connectivity index (χ3n) is 7.30. The molecule has 198 valence electrons. The van der Waals surface area contributed by atoms with Crippen molar-refractivity contribution in [2.24, 2.45) is 0 Å². The third-order valence-corrected chi connectivity index (χ3v) is 11.4. The number of hydrogen-bond acceptors (Lipinski definition) is 9.